The summed E-state index contributed by atoms with van der Waals surface area (Å²) >= 11 is 4.04. The van der Waals surface area contributed by atoms with Crippen LogP contribution in [0.2, 0.25) is 0 Å². The van der Waals surface area contributed by atoms with Crippen molar-refractivity contribution in [2.45, 2.75) is 64.4 Å². The Morgan fingerprint density at radius 3 is 2.08 bits per heavy atom. The van der Waals surface area contributed by atoms with Crippen LogP contribution in [0.4, 0.5) is 0 Å². The fraction of sp³-hybridized carbons (Fsp3) is 1.00. The average molecular weight is 204 g/mol. The van der Waals surface area contributed by atoms with Crippen LogP contribution in [0.15, 0.2) is 0 Å². The predicted molar refractivity (Wildman–Crippen MR) is 62.5 cm³/mol. The molecule has 0 aromatic carbocycles. The van der Waals surface area contributed by atoms with Crippen LogP contribution in [0, 0.1) is 0 Å². The second kappa shape index (κ2) is 10.4. The molecule has 13 heavy (non-hydrogen) atoms. The van der Waals surface area contributed by atoms with Crippen molar-refractivity contribution in [2.75, 3.05) is 5.75 Å². The van der Waals surface area contributed by atoms with Crippen molar-refractivity contribution < 1.29 is 5.11 Å². The van der Waals surface area contributed by atoms with Gasteiger partial charge in [-0.3, -0.25) is 0 Å². The maximum Gasteiger partial charge on any atom is 0.0628 e. The van der Waals surface area contributed by atoms with Gasteiger partial charge in [-0.25, -0.2) is 0 Å². The zero-order chi connectivity index (χ0) is 9.94. The third-order valence-electron chi connectivity index (χ3n) is 2.35. The number of hydrogen-bond acceptors (Lipinski definition) is 2. The lowest BCUT2D eigenvalue weighted by atomic mass is 10.1. The lowest BCUT2D eigenvalue weighted by Gasteiger charge is -2.06. The van der Waals surface area contributed by atoms with Crippen LogP contribution in [-0.2, 0) is 0 Å². The molecule has 0 radical (unpaired) electrons. The molecule has 2 heteroatoms. The molecular formula is C11H24OS. The van der Waals surface area contributed by atoms with Crippen LogP contribution in [-0.4, -0.2) is 17.0 Å². The van der Waals surface area contributed by atoms with Gasteiger partial charge in [0.15, 0.2) is 0 Å². The highest BCUT2D eigenvalue weighted by Crippen LogP contribution is 2.09. The summed E-state index contributed by atoms with van der Waals surface area (Å²) in [6.45, 7) is 2.24. The maximum absolute atomic E-state index is 9.22. The molecule has 1 N–H and O–H groups in total. The highest BCUT2D eigenvalue weighted by Gasteiger charge is 1.99. The summed E-state index contributed by atoms with van der Waals surface area (Å²) in [5.41, 5.74) is 0. The summed E-state index contributed by atoms with van der Waals surface area (Å²) in [5.74, 6) is 0.607. The standard InChI is InChI=1S/C11H24OS/c1-2-3-4-5-6-7-8-9-11(12)10-13/h11-13H,2-10H2,1H3. The molecule has 0 bridgehead atoms. The number of rotatable bonds is 9. The van der Waals surface area contributed by atoms with Gasteiger partial charge < -0.3 is 5.11 Å². The molecule has 80 valence electrons. The van der Waals surface area contributed by atoms with Gasteiger partial charge in [0.2, 0.25) is 0 Å². The van der Waals surface area contributed by atoms with E-state index in [2.05, 4.69) is 19.6 Å². The SMILES string of the molecule is CCCCCCCCCC(O)CS. The number of unbranched alkanes of at least 4 members (excludes halogenated alkanes) is 6. The van der Waals surface area contributed by atoms with Crippen LogP contribution in [0.25, 0.3) is 0 Å². The molecule has 0 amide bonds. The van der Waals surface area contributed by atoms with Crippen LogP contribution < -0.4 is 0 Å². The second-order valence-electron chi connectivity index (χ2n) is 3.75. The van der Waals surface area contributed by atoms with E-state index in [1.165, 1.54) is 38.5 Å². The average Bonchev–Trinajstić information content (AvgIpc) is 2.16. The molecule has 0 aliphatic heterocycles. The van der Waals surface area contributed by atoms with Crippen molar-refractivity contribution in [3.63, 3.8) is 0 Å². The lowest BCUT2D eigenvalue weighted by molar-refractivity contribution is 0.185. The van der Waals surface area contributed by atoms with Crippen molar-refractivity contribution in [3.8, 4) is 0 Å². The van der Waals surface area contributed by atoms with Crippen LogP contribution >= 0.6 is 12.6 Å². The van der Waals surface area contributed by atoms with E-state index in [1.54, 1.807) is 0 Å². The Morgan fingerprint density at radius 1 is 1.00 bits per heavy atom. The Kier molecular flexibility index (Phi) is 10.6. The molecule has 0 aromatic rings. The molecule has 0 saturated heterocycles. The fourth-order valence-electron chi connectivity index (χ4n) is 1.43. The monoisotopic (exact) mass is 204 g/mol. The first kappa shape index (κ1) is 13.3. The largest absolute Gasteiger partial charge is 0.392 e. The smallest absolute Gasteiger partial charge is 0.0628 e. The highest BCUT2D eigenvalue weighted by molar-refractivity contribution is 7.80. The van der Waals surface area contributed by atoms with Gasteiger partial charge in [-0.1, -0.05) is 51.9 Å². The van der Waals surface area contributed by atoms with Crippen LogP contribution in [0.1, 0.15) is 58.3 Å². The molecule has 0 heterocycles. The van der Waals surface area contributed by atoms with E-state index in [4.69, 9.17) is 0 Å². The zero-order valence-electron chi connectivity index (χ0n) is 8.84. The van der Waals surface area contributed by atoms with E-state index < -0.39 is 0 Å². The number of thiol groups is 1. The van der Waals surface area contributed by atoms with E-state index >= 15 is 0 Å². The Balaban J connectivity index is 2.91. The Hall–Kier alpha value is 0.310. The summed E-state index contributed by atoms with van der Waals surface area (Å²) < 4.78 is 0. The highest BCUT2D eigenvalue weighted by atomic mass is 32.1. The van der Waals surface area contributed by atoms with E-state index in [-0.39, 0.29) is 6.10 Å². The maximum atomic E-state index is 9.22. The van der Waals surface area contributed by atoms with Crippen molar-refractivity contribution in [1.29, 1.82) is 0 Å². The zero-order valence-corrected chi connectivity index (χ0v) is 9.73. The van der Waals surface area contributed by atoms with Gasteiger partial charge in [-0.15, -0.1) is 0 Å². The first-order valence-corrected chi connectivity index (χ1v) is 6.23. The van der Waals surface area contributed by atoms with Gasteiger partial charge in [0.25, 0.3) is 0 Å². The van der Waals surface area contributed by atoms with Crippen molar-refractivity contribution in [2.24, 2.45) is 0 Å². The molecule has 0 fully saturated rings. The molecule has 0 spiro atoms. The van der Waals surface area contributed by atoms with Crippen LogP contribution in [0.5, 0.6) is 0 Å². The molecule has 0 aliphatic rings. The Morgan fingerprint density at radius 2 is 1.54 bits per heavy atom. The first-order chi connectivity index (χ1) is 6.31. The Labute approximate surface area is 88.3 Å². The fourth-order valence-corrected chi connectivity index (χ4v) is 1.61. The summed E-state index contributed by atoms with van der Waals surface area (Å²) in [6, 6.07) is 0. The molecule has 0 saturated carbocycles. The summed E-state index contributed by atoms with van der Waals surface area (Å²) in [7, 11) is 0. The minimum absolute atomic E-state index is 0.182. The van der Waals surface area contributed by atoms with E-state index in [9.17, 15) is 5.11 Å². The first-order valence-electron chi connectivity index (χ1n) is 5.60. The van der Waals surface area contributed by atoms with Crippen molar-refractivity contribution in [3.05, 3.63) is 0 Å². The van der Waals surface area contributed by atoms with Gasteiger partial charge in [0, 0.05) is 5.75 Å². The normalized spacial score (nSPS) is 13.2. The van der Waals surface area contributed by atoms with Crippen molar-refractivity contribution >= 4 is 12.6 Å². The summed E-state index contributed by atoms with van der Waals surface area (Å²) in [6.07, 6.45) is 9.95. The molecular weight excluding hydrogens is 180 g/mol. The number of aliphatic hydroxyl groups excluding tert-OH is 1. The lowest BCUT2D eigenvalue weighted by Crippen LogP contribution is -2.07. The van der Waals surface area contributed by atoms with E-state index in [1.807, 2.05) is 0 Å². The number of aliphatic hydroxyl groups is 1. The molecule has 1 nitrogen and oxygen atoms in total. The van der Waals surface area contributed by atoms with Gasteiger partial charge in [-0.05, 0) is 6.42 Å². The minimum atomic E-state index is -0.182. The van der Waals surface area contributed by atoms with E-state index in [0.717, 1.165) is 12.8 Å². The van der Waals surface area contributed by atoms with Gasteiger partial charge in [0.1, 0.15) is 0 Å². The molecule has 1 atom stereocenters. The third kappa shape index (κ3) is 10.2. The van der Waals surface area contributed by atoms with Gasteiger partial charge >= 0.3 is 0 Å². The minimum Gasteiger partial charge on any atom is -0.392 e. The molecule has 0 aliphatic carbocycles. The third-order valence-corrected chi connectivity index (χ3v) is 2.77. The van der Waals surface area contributed by atoms with Crippen molar-refractivity contribution in [1.82, 2.24) is 0 Å². The topological polar surface area (TPSA) is 20.2 Å². The van der Waals surface area contributed by atoms with Gasteiger partial charge in [-0.2, -0.15) is 12.6 Å². The summed E-state index contributed by atoms with van der Waals surface area (Å²) in [5, 5.41) is 9.22. The van der Waals surface area contributed by atoms with E-state index in [0.29, 0.717) is 5.75 Å². The van der Waals surface area contributed by atoms with Crippen LogP contribution in [0.3, 0.4) is 0 Å². The predicted octanol–water partition coefficient (Wildman–Crippen LogP) is 3.42. The summed E-state index contributed by atoms with van der Waals surface area (Å²) in [4.78, 5) is 0. The molecule has 1 unspecified atom stereocenters. The quantitative estimate of drug-likeness (QED) is 0.435. The molecule has 0 rings (SSSR count). The Bertz CT molecular complexity index is 96.1. The van der Waals surface area contributed by atoms with Gasteiger partial charge in [0.05, 0.1) is 6.10 Å². The molecule has 0 aromatic heterocycles. The second-order valence-corrected chi connectivity index (χ2v) is 4.11. The number of hydrogen-bond donors (Lipinski definition) is 2.